The van der Waals surface area contributed by atoms with Gasteiger partial charge in [-0.3, -0.25) is 9.59 Å². The predicted molar refractivity (Wildman–Crippen MR) is 81.8 cm³/mol. The third-order valence-electron chi connectivity index (χ3n) is 3.32. The van der Waals surface area contributed by atoms with Crippen molar-refractivity contribution in [2.24, 2.45) is 5.92 Å². The standard InChI is InChI=1S/C14H17ClN4O4/c1-4-22-13(20)9(14(21)23-5-2)8(3)19-7-18-10-11(15)16-6-17-12(10)19/h6-9H,4-5H2,1-3H3. The second-order valence-electron chi connectivity index (χ2n) is 4.71. The van der Waals surface area contributed by atoms with Gasteiger partial charge in [-0.15, -0.1) is 0 Å². The normalized spacial score (nSPS) is 12.4. The first-order valence-corrected chi connectivity index (χ1v) is 7.55. The van der Waals surface area contributed by atoms with Gasteiger partial charge >= 0.3 is 11.9 Å². The summed E-state index contributed by atoms with van der Waals surface area (Å²) < 4.78 is 11.6. The Hall–Kier alpha value is -2.22. The zero-order valence-electron chi connectivity index (χ0n) is 13.0. The number of imidazole rings is 1. The first kappa shape index (κ1) is 17.1. The van der Waals surface area contributed by atoms with E-state index in [1.807, 2.05) is 0 Å². The second kappa shape index (κ2) is 7.36. The van der Waals surface area contributed by atoms with Crippen LogP contribution in [0, 0.1) is 5.92 Å². The van der Waals surface area contributed by atoms with Crippen molar-refractivity contribution in [2.45, 2.75) is 26.8 Å². The van der Waals surface area contributed by atoms with Crippen molar-refractivity contribution in [3.63, 3.8) is 0 Å². The molecule has 0 bridgehead atoms. The Morgan fingerprint density at radius 1 is 1.17 bits per heavy atom. The van der Waals surface area contributed by atoms with Gasteiger partial charge in [0.15, 0.2) is 16.7 Å². The second-order valence-corrected chi connectivity index (χ2v) is 5.07. The van der Waals surface area contributed by atoms with Crippen LogP contribution in [-0.2, 0) is 19.1 Å². The van der Waals surface area contributed by atoms with E-state index < -0.39 is 23.9 Å². The van der Waals surface area contributed by atoms with Crippen molar-refractivity contribution >= 4 is 34.7 Å². The lowest BCUT2D eigenvalue weighted by molar-refractivity contribution is -0.163. The molecule has 9 heteroatoms. The van der Waals surface area contributed by atoms with Gasteiger partial charge in [-0.05, 0) is 20.8 Å². The fourth-order valence-corrected chi connectivity index (χ4v) is 2.41. The van der Waals surface area contributed by atoms with Crippen LogP contribution in [0.25, 0.3) is 11.2 Å². The SMILES string of the molecule is CCOC(=O)C(C(=O)OCC)C(C)n1cnc2c(Cl)ncnc21. The van der Waals surface area contributed by atoms with Crippen molar-refractivity contribution < 1.29 is 19.1 Å². The summed E-state index contributed by atoms with van der Waals surface area (Å²) >= 11 is 5.97. The summed E-state index contributed by atoms with van der Waals surface area (Å²) in [7, 11) is 0. The lowest BCUT2D eigenvalue weighted by Gasteiger charge is -2.22. The minimum Gasteiger partial charge on any atom is -0.465 e. The maximum Gasteiger partial charge on any atom is 0.322 e. The molecule has 1 unspecified atom stereocenters. The zero-order valence-corrected chi connectivity index (χ0v) is 13.8. The number of esters is 2. The minimum atomic E-state index is -1.12. The summed E-state index contributed by atoms with van der Waals surface area (Å²) in [5.41, 5.74) is 0.823. The quantitative estimate of drug-likeness (QED) is 0.449. The first-order chi connectivity index (χ1) is 11.0. The Morgan fingerprint density at radius 3 is 2.35 bits per heavy atom. The molecule has 1 atom stereocenters. The van der Waals surface area contributed by atoms with E-state index in [0.717, 1.165) is 0 Å². The van der Waals surface area contributed by atoms with E-state index in [1.54, 1.807) is 25.3 Å². The number of hydrogen-bond acceptors (Lipinski definition) is 7. The van der Waals surface area contributed by atoms with Crippen LogP contribution >= 0.6 is 11.6 Å². The topological polar surface area (TPSA) is 96.2 Å². The molecule has 0 aliphatic heterocycles. The van der Waals surface area contributed by atoms with E-state index in [9.17, 15) is 9.59 Å². The Bertz CT molecular complexity index is 700. The van der Waals surface area contributed by atoms with Gasteiger partial charge in [0.05, 0.1) is 25.6 Å². The number of fused-ring (bicyclic) bond motifs is 1. The van der Waals surface area contributed by atoms with Gasteiger partial charge in [0.25, 0.3) is 0 Å². The molecular formula is C14H17ClN4O4. The summed E-state index contributed by atoms with van der Waals surface area (Å²) in [6.07, 6.45) is 2.75. The molecule has 2 heterocycles. The minimum absolute atomic E-state index is 0.167. The van der Waals surface area contributed by atoms with Crippen LogP contribution < -0.4 is 0 Å². The molecule has 0 fully saturated rings. The average molecular weight is 341 g/mol. The van der Waals surface area contributed by atoms with E-state index in [4.69, 9.17) is 21.1 Å². The number of aromatic nitrogens is 4. The van der Waals surface area contributed by atoms with Crippen molar-refractivity contribution in [3.05, 3.63) is 17.8 Å². The zero-order chi connectivity index (χ0) is 17.0. The predicted octanol–water partition coefficient (Wildman–Crippen LogP) is 1.78. The van der Waals surface area contributed by atoms with Gasteiger partial charge < -0.3 is 14.0 Å². The molecule has 0 aliphatic carbocycles. The summed E-state index contributed by atoms with van der Waals surface area (Å²) in [5.74, 6) is -2.43. The van der Waals surface area contributed by atoms with Crippen LogP contribution in [-0.4, -0.2) is 44.7 Å². The summed E-state index contributed by atoms with van der Waals surface area (Å²) in [4.78, 5) is 36.5. The fourth-order valence-electron chi connectivity index (χ4n) is 2.24. The molecule has 23 heavy (non-hydrogen) atoms. The molecule has 2 aromatic rings. The van der Waals surface area contributed by atoms with Gasteiger partial charge in [-0.25, -0.2) is 15.0 Å². The summed E-state index contributed by atoms with van der Waals surface area (Å²) in [5, 5.41) is 0.199. The molecule has 0 amide bonds. The van der Waals surface area contributed by atoms with E-state index in [0.29, 0.717) is 11.2 Å². The first-order valence-electron chi connectivity index (χ1n) is 7.17. The Kier molecular flexibility index (Phi) is 5.49. The molecule has 0 spiro atoms. The molecular weight excluding hydrogens is 324 g/mol. The lowest BCUT2D eigenvalue weighted by atomic mass is 10.0. The van der Waals surface area contributed by atoms with Crippen LogP contribution in [0.1, 0.15) is 26.8 Å². The fraction of sp³-hybridized carbons (Fsp3) is 0.500. The number of nitrogens with zero attached hydrogens (tertiary/aromatic N) is 4. The third-order valence-corrected chi connectivity index (χ3v) is 3.59. The highest BCUT2D eigenvalue weighted by Gasteiger charge is 2.37. The molecule has 0 N–H and O–H groups in total. The van der Waals surface area contributed by atoms with Crippen molar-refractivity contribution in [1.82, 2.24) is 19.5 Å². The smallest absolute Gasteiger partial charge is 0.322 e. The van der Waals surface area contributed by atoms with E-state index in [2.05, 4.69) is 15.0 Å². The van der Waals surface area contributed by atoms with Crippen LogP contribution in [0.2, 0.25) is 5.15 Å². The Labute approximate surface area is 137 Å². The van der Waals surface area contributed by atoms with Crippen LogP contribution in [0.4, 0.5) is 0 Å². The molecule has 0 radical (unpaired) electrons. The summed E-state index contributed by atoms with van der Waals surface area (Å²) in [6.45, 7) is 5.37. The Morgan fingerprint density at radius 2 is 1.78 bits per heavy atom. The van der Waals surface area contributed by atoms with Crippen LogP contribution in [0.15, 0.2) is 12.7 Å². The summed E-state index contributed by atoms with van der Waals surface area (Å²) in [6, 6.07) is -0.607. The molecule has 124 valence electrons. The maximum atomic E-state index is 12.2. The van der Waals surface area contributed by atoms with E-state index >= 15 is 0 Å². The Balaban J connectivity index is 2.42. The van der Waals surface area contributed by atoms with Gasteiger partial charge in [0.2, 0.25) is 0 Å². The molecule has 0 saturated carbocycles. The lowest BCUT2D eigenvalue weighted by Crippen LogP contribution is -2.34. The van der Waals surface area contributed by atoms with Gasteiger partial charge in [0.1, 0.15) is 11.8 Å². The molecule has 8 nitrogen and oxygen atoms in total. The number of carbonyl (C=O) groups is 2. The number of rotatable bonds is 6. The van der Waals surface area contributed by atoms with Crippen molar-refractivity contribution in [1.29, 1.82) is 0 Å². The maximum absolute atomic E-state index is 12.2. The molecule has 2 aromatic heterocycles. The van der Waals surface area contributed by atoms with E-state index in [-0.39, 0.29) is 18.4 Å². The number of carbonyl (C=O) groups excluding carboxylic acids is 2. The largest absolute Gasteiger partial charge is 0.465 e. The highest BCUT2D eigenvalue weighted by molar-refractivity contribution is 6.33. The number of halogens is 1. The van der Waals surface area contributed by atoms with Crippen molar-refractivity contribution in [2.75, 3.05) is 13.2 Å². The number of hydrogen-bond donors (Lipinski definition) is 0. The molecule has 2 rings (SSSR count). The van der Waals surface area contributed by atoms with Crippen LogP contribution in [0.3, 0.4) is 0 Å². The third kappa shape index (κ3) is 3.42. The number of ether oxygens (including phenoxy) is 2. The highest BCUT2D eigenvalue weighted by Crippen LogP contribution is 2.26. The molecule has 0 aliphatic rings. The monoisotopic (exact) mass is 340 g/mol. The van der Waals surface area contributed by atoms with Crippen molar-refractivity contribution in [3.8, 4) is 0 Å². The van der Waals surface area contributed by atoms with Crippen LogP contribution in [0.5, 0.6) is 0 Å². The average Bonchev–Trinajstić information content (AvgIpc) is 2.93. The molecule has 0 saturated heterocycles. The van der Waals surface area contributed by atoms with Gasteiger partial charge in [-0.2, -0.15) is 0 Å². The van der Waals surface area contributed by atoms with E-state index in [1.165, 1.54) is 12.7 Å². The highest BCUT2D eigenvalue weighted by atomic mass is 35.5. The van der Waals surface area contributed by atoms with Gasteiger partial charge in [-0.1, -0.05) is 11.6 Å². The van der Waals surface area contributed by atoms with Gasteiger partial charge in [0, 0.05) is 0 Å². The molecule has 0 aromatic carbocycles.